The lowest BCUT2D eigenvalue weighted by Crippen LogP contribution is -2.50. The summed E-state index contributed by atoms with van der Waals surface area (Å²) in [6.45, 7) is 4.41. The fourth-order valence-corrected chi connectivity index (χ4v) is 6.53. The predicted octanol–water partition coefficient (Wildman–Crippen LogP) is 14.2. The molecular formula is C56H90NO7+. The Hall–Kier alpha value is -4.27. The molecular weight excluding hydrogens is 799 g/mol. The number of ether oxygens (including phenoxy) is 3. The van der Waals surface area contributed by atoms with Gasteiger partial charge in [-0.15, -0.1) is 0 Å². The lowest BCUT2D eigenvalue weighted by molar-refractivity contribution is -0.887. The Labute approximate surface area is 391 Å². The van der Waals surface area contributed by atoms with E-state index in [2.05, 4.69) is 74.6 Å². The van der Waals surface area contributed by atoms with E-state index in [1.54, 1.807) is 0 Å². The minimum Gasteiger partial charge on any atom is -0.477 e. The molecule has 64 heavy (non-hydrogen) atoms. The molecule has 0 saturated carbocycles. The van der Waals surface area contributed by atoms with E-state index in [1.807, 2.05) is 81.9 Å². The van der Waals surface area contributed by atoms with Crippen LogP contribution in [0.2, 0.25) is 0 Å². The average Bonchev–Trinajstić information content (AvgIpc) is 3.26. The van der Waals surface area contributed by atoms with Crippen LogP contribution < -0.4 is 0 Å². The van der Waals surface area contributed by atoms with Crippen LogP contribution in [0.4, 0.5) is 0 Å². The van der Waals surface area contributed by atoms with Crippen molar-refractivity contribution in [3.8, 4) is 0 Å². The van der Waals surface area contributed by atoms with Crippen LogP contribution in [0.3, 0.4) is 0 Å². The van der Waals surface area contributed by atoms with Gasteiger partial charge in [0, 0.05) is 19.3 Å². The number of carboxylic acid groups (broad SMARTS) is 1. The maximum Gasteiger partial charge on any atom is 0.362 e. The van der Waals surface area contributed by atoms with Crippen LogP contribution >= 0.6 is 0 Å². The van der Waals surface area contributed by atoms with E-state index in [0.717, 1.165) is 83.5 Å². The topological polar surface area (TPSA) is 99.1 Å². The van der Waals surface area contributed by atoms with Crippen LogP contribution in [0.1, 0.15) is 162 Å². The first kappa shape index (κ1) is 59.7. The Balaban J connectivity index is 4.36. The Morgan fingerprint density at radius 3 is 1.42 bits per heavy atom. The van der Waals surface area contributed by atoms with E-state index >= 15 is 0 Å². The quantitative estimate of drug-likeness (QED) is 0.0214. The summed E-state index contributed by atoms with van der Waals surface area (Å²) in [7, 11) is 5.50. The molecule has 0 saturated heterocycles. The van der Waals surface area contributed by atoms with E-state index in [4.69, 9.17) is 14.2 Å². The number of nitrogens with zero attached hydrogens (tertiary/aromatic N) is 1. The van der Waals surface area contributed by atoms with Crippen LogP contribution in [-0.4, -0.2) is 80.6 Å². The van der Waals surface area contributed by atoms with Gasteiger partial charge in [0.15, 0.2) is 12.1 Å². The molecule has 0 aliphatic heterocycles. The number of esters is 2. The highest BCUT2D eigenvalue weighted by Gasteiger charge is 2.31. The first-order valence-corrected chi connectivity index (χ1v) is 24.7. The van der Waals surface area contributed by atoms with Crippen molar-refractivity contribution in [3.05, 3.63) is 122 Å². The molecule has 0 aromatic heterocycles. The van der Waals surface area contributed by atoms with Crippen LogP contribution in [0.5, 0.6) is 0 Å². The number of carbonyl (C=O) groups is 3. The summed E-state index contributed by atoms with van der Waals surface area (Å²) < 4.78 is 17.3. The Kier molecular flexibility index (Phi) is 42.3. The van der Waals surface area contributed by atoms with Gasteiger partial charge in [-0.3, -0.25) is 9.59 Å². The normalized spacial score (nSPS) is 14.0. The Bertz CT molecular complexity index is 1450. The molecule has 1 N–H and O–H groups in total. The lowest BCUT2D eigenvalue weighted by Gasteiger charge is -2.31. The van der Waals surface area contributed by atoms with Crippen molar-refractivity contribution in [3.63, 3.8) is 0 Å². The summed E-state index contributed by atoms with van der Waals surface area (Å²) in [5, 5.41) is 9.65. The van der Waals surface area contributed by atoms with Gasteiger partial charge in [-0.2, -0.15) is 0 Å². The number of rotatable bonds is 42. The van der Waals surface area contributed by atoms with Gasteiger partial charge in [0.25, 0.3) is 0 Å². The molecule has 0 bridgehead atoms. The van der Waals surface area contributed by atoms with E-state index in [1.165, 1.54) is 44.9 Å². The lowest BCUT2D eigenvalue weighted by atomic mass is 10.0. The number of hydrogen-bond acceptors (Lipinski definition) is 6. The fraction of sp³-hybridized carbons (Fsp3) is 0.589. The SMILES string of the molecule is CC/C=C/C=C/C=C/C=C/C=C/C=C/CCCCCC(=O)OCC(COCCC(C(=O)O)[N+](C)(C)C)OC(=O)CCCCCCCCCCCC/C=C/C/C=C/C/C=C/C/C=C/CC. The van der Waals surface area contributed by atoms with Gasteiger partial charge >= 0.3 is 17.9 Å². The standard InChI is InChI=1S/C56H89NO7/c1-6-8-10-12-14-16-18-20-22-24-25-26-27-28-29-31-33-35-37-39-41-43-45-47-55(59)64-52(50-62-49-48-53(56(60)61)57(3,4)5)51-63-54(58)46-44-42-40-38-36-34-32-30-23-21-19-17-15-13-11-9-7-2/h8-11,13-17,19-23,25-26,30,32,34,36,52-53H,6-7,12,18,24,27-29,31,33,35,37-51H2,1-5H3/p+1/b10-8+,11-9+,15-13+,16-14+,19-17+,22-20+,23-21+,26-25+,32-30+,36-34+. The first-order valence-electron chi connectivity index (χ1n) is 24.7. The average molecular weight is 889 g/mol. The minimum atomic E-state index is -0.888. The van der Waals surface area contributed by atoms with Crippen LogP contribution in [0.25, 0.3) is 0 Å². The van der Waals surface area contributed by atoms with E-state index in [0.29, 0.717) is 19.3 Å². The molecule has 8 heteroatoms. The van der Waals surface area contributed by atoms with Gasteiger partial charge in [0.05, 0.1) is 34.4 Å². The summed E-state index contributed by atoms with van der Waals surface area (Å²) in [4.78, 5) is 37.1. The summed E-state index contributed by atoms with van der Waals surface area (Å²) in [5.74, 6) is -1.55. The van der Waals surface area contributed by atoms with Crippen LogP contribution in [0.15, 0.2) is 122 Å². The number of carbonyl (C=O) groups excluding carboxylic acids is 2. The zero-order valence-corrected chi connectivity index (χ0v) is 40.9. The summed E-state index contributed by atoms with van der Waals surface area (Å²) in [6.07, 6.45) is 63.9. The molecule has 0 amide bonds. The highest BCUT2D eigenvalue weighted by molar-refractivity contribution is 5.72. The second-order valence-corrected chi connectivity index (χ2v) is 17.1. The van der Waals surface area contributed by atoms with Crippen LogP contribution in [-0.2, 0) is 28.6 Å². The second-order valence-electron chi connectivity index (χ2n) is 17.1. The summed E-state index contributed by atoms with van der Waals surface area (Å²) >= 11 is 0. The molecule has 2 unspecified atom stereocenters. The van der Waals surface area contributed by atoms with Gasteiger partial charge in [-0.1, -0.05) is 193 Å². The highest BCUT2D eigenvalue weighted by Crippen LogP contribution is 2.14. The van der Waals surface area contributed by atoms with Crippen molar-refractivity contribution in [2.45, 2.75) is 174 Å². The fourth-order valence-electron chi connectivity index (χ4n) is 6.53. The second kappa shape index (κ2) is 45.3. The van der Waals surface area contributed by atoms with E-state index < -0.39 is 18.1 Å². The molecule has 0 aliphatic carbocycles. The summed E-state index contributed by atoms with van der Waals surface area (Å²) in [6, 6.07) is -0.631. The molecule has 8 nitrogen and oxygen atoms in total. The molecule has 0 spiro atoms. The Morgan fingerprint density at radius 2 is 0.906 bits per heavy atom. The highest BCUT2D eigenvalue weighted by atomic mass is 16.6. The smallest absolute Gasteiger partial charge is 0.362 e. The number of hydrogen-bond donors (Lipinski definition) is 1. The minimum absolute atomic E-state index is 0.0362. The van der Waals surface area contributed by atoms with Crippen molar-refractivity contribution < 1.29 is 38.2 Å². The zero-order chi connectivity index (χ0) is 47.0. The van der Waals surface area contributed by atoms with Gasteiger partial charge in [0.1, 0.15) is 6.61 Å². The van der Waals surface area contributed by atoms with Gasteiger partial charge in [-0.25, -0.2) is 4.79 Å². The molecule has 360 valence electrons. The molecule has 0 fully saturated rings. The van der Waals surface area contributed by atoms with E-state index in [9.17, 15) is 19.5 Å². The van der Waals surface area contributed by atoms with Crippen molar-refractivity contribution in [1.82, 2.24) is 0 Å². The summed E-state index contributed by atoms with van der Waals surface area (Å²) in [5.41, 5.74) is 0. The molecule has 0 aromatic carbocycles. The van der Waals surface area contributed by atoms with Gasteiger partial charge < -0.3 is 23.8 Å². The number of allylic oxidation sites excluding steroid dienone is 20. The Morgan fingerprint density at radius 1 is 0.484 bits per heavy atom. The van der Waals surface area contributed by atoms with Crippen molar-refractivity contribution >= 4 is 17.9 Å². The molecule has 0 heterocycles. The van der Waals surface area contributed by atoms with Gasteiger partial charge in [0.2, 0.25) is 0 Å². The largest absolute Gasteiger partial charge is 0.477 e. The first-order chi connectivity index (χ1) is 31.1. The molecule has 0 radical (unpaired) electrons. The van der Waals surface area contributed by atoms with Crippen molar-refractivity contribution in [2.24, 2.45) is 0 Å². The van der Waals surface area contributed by atoms with Crippen molar-refractivity contribution in [1.29, 1.82) is 0 Å². The third-order valence-corrected chi connectivity index (χ3v) is 10.3. The van der Waals surface area contributed by atoms with Crippen molar-refractivity contribution in [2.75, 3.05) is 41.0 Å². The number of quaternary nitrogens is 1. The number of carboxylic acids is 1. The number of likely N-dealkylation sites (N-methyl/N-ethyl adjacent to an activating group) is 1. The maximum absolute atomic E-state index is 12.8. The molecule has 0 aliphatic rings. The molecule has 0 rings (SSSR count). The van der Waals surface area contributed by atoms with Gasteiger partial charge in [-0.05, 0) is 70.6 Å². The molecule has 0 aromatic rings. The predicted molar refractivity (Wildman–Crippen MR) is 270 cm³/mol. The maximum atomic E-state index is 12.8. The third-order valence-electron chi connectivity index (χ3n) is 10.3. The number of unbranched alkanes of at least 4 members (excludes halogenated alkanes) is 13. The molecule has 2 atom stereocenters. The monoisotopic (exact) mass is 889 g/mol. The third kappa shape index (κ3) is 43.0. The van der Waals surface area contributed by atoms with E-state index in [-0.39, 0.29) is 36.2 Å². The number of aliphatic carboxylic acids is 1. The zero-order valence-electron chi connectivity index (χ0n) is 40.9. The van der Waals surface area contributed by atoms with Crippen LogP contribution in [0, 0.1) is 0 Å².